The molecule has 0 fully saturated rings. The zero-order valence-electron chi connectivity index (χ0n) is 13.7. The van der Waals surface area contributed by atoms with E-state index in [1.54, 1.807) is 0 Å². The largest absolute Gasteiger partial charge is 0.429 e. The summed E-state index contributed by atoms with van der Waals surface area (Å²) in [4.78, 5) is 11.7. The fourth-order valence-electron chi connectivity index (χ4n) is 2.82. The monoisotopic (exact) mass is 329 g/mol. The van der Waals surface area contributed by atoms with Crippen LogP contribution in [0.3, 0.4) is 0 Å². The SMILES string of the molecule is NC(=O)OC(C=Cc1ccccc1)(c1ccccc1)c1ccccc1. The standard InChI is InChI=1S/C22H19NO2/c23-21(24)25-22(19-12-6-2-7-13-19,20-14-8-3-9-15-20)17-16-18-10-4-1-5-11-18/h1-17H,(H2,23,24). The molecule has 0 aliphatic heterocycles. The first-order chi connectivity index (χ1) is 12.2. The van der Waals surface area contributed by atoms with Gasteiger partial charge in [-0.3, -0.25) is 0 Å². The highest BCUT2D eigenvalue weighted by atomic mass is 16.6. The minimum Gasteiger partial charge on any atom is -0.429 e. The van der Waals surface area contributed by atoms with Crippen molar-refractivity contribution in [1.82, 2.24) is 0 Å². The maximum atomic E-state index is 11.7. The summed E-state index contributed by atoms with van der Waals surface area (Å²) in [6, 6.07) is 29.0. The van der Waals surface area contributed by atoms with Gasteiger partial charge in [0.25, 0.3) is 0 Å². The molecule has 0 unspecified atom stereocenters. The van der Waals surface area contributed by atoms with E-state index in [1.165, 1.54) is 0 Å². The molecule has 0 bridgehead atoms. The van der Waals surface area contributed by atoms with Gasteiger partial charge in [0.2, 0.25) is 0 Å². The molecule has 0 radical (unpaired) electrons. The van der Waals surface area contributed by atoms with E-state index >= 15 is 0 Å². The average Bonchev–Trinajstić information content (AvgIpc) is 2.67. The lowest BCUT2D eigenvalue weighted by Crippen LogP contribution is -2.34. The van der Waals surface area contributed by atoms with Gasteiger partial charge in [0.05, 0.1) is 0 Å². The Balaban J connectivity index is 2.18. The van der Waals surface area contributed by atoms with Crippen molar-refractivity contribution in [2.24, 2.45) is 5.73 Å². The van der Waals surface area contributed by atoms with Crippen molar-refractivity contribution in [1.29, 1.82) is 0 Å². The van der Waals surface area contributed by atoms with E-state index < -0.39 is 11.7 Å². The number of nitrogens with two attached hydrogens (primary N) is 1. The number of carbonyl (C=O) groups is 1. The molecule has 0 spiro atoms. The van der Waals surface area contributed by atoms with Crippen molar-refractivity contribution in [2.45, 2.75) is 5.60 Å². The number of ether oxygens (including phenoxy) is 1. The summed E-state index contributed by atoms with van der Waals surface area (Å²) in [5.74, 6) is 0. The number of primary amides is 1. The molecule has 0 aromatic heterocycles. The highest BCUT2D eigenvalue weighted by molar-refractivity contribution is 5.68. The molecule has 0 saturated heterocycles. The first-order valence-corrected chi connectivity index (χ1v) is 8.04. The Bertz CT molecular complexity index is 803. The summed E-state index contributed by atoms with van der Waals surface area (Å²) in [5.41, 5.74) is 6.99. The van der Waals surface area contributed by atoms with E-state index in [4.69, 9.17) is 10.5 Å². The Hall–Kier alpha value is -3.33. The van der Waals surface area contributed by atoms with Crippen molar-refractivity contribution in [3.05, 3.63) is 114 Å². The first kappa shape index (κ1) is 16.5. The van der Waals surface area contributed by atoms with Crippen molar-refractivity contribution in [3.8, 4) is 0 Å². The highest BCUT2D eigenvalue weighted by Gasteiger charge is 2.35. The molecule has 3 rings (SSSR count). The van der Waals surface area contributed by atoms with E-state index in [1.807, 2.05) is 103 Å². The lowest BCUT2D eigenvalue weighted by atomic mass is 9.85. The number of benzene rings is 3. The molecule has 3 aromatic rings. The maximum Gasteiger partial charge on any atom is 0.406 e. The van der Waals surface area contributed by atoms with Gasteiger partial charge in [-0.05, 0) is 11.6 Å². The Labute approximate surface area is 147 Å². The fraction of sp³-hybridized carbons (Fsp3) is 0.0455. The summed E-state index contributed by atoms with van der Waals surface area (Å²) in [6.07, 6.45) is 2.98. The normalized spacial score (nSPS) is 11.4. The zero-order valence-corrected chi connectivity index (χ0v) is 13.7. The van der Waals surface area contributed by atoms with Gasteiger partial charge in [-0.2, -0.15) is 0 Å². The topological polar surface area (TPSA) is 52.3 Å². The van der Waals surface area contributed by atoms with Crippen LogP contribution in [0.1, 0.15) is 16.7 Å². The third-order valence-corrected chi connectivity index (χ3v) is 3.98. The Morgan fingerprint density at radius 1 is 0.760 bits per heavy atom. The second kappa shape index (κ2) is 7.49. The van der Waals surface area contributed by atoms with Gasteiger partial charge in [-0.1, -0.05) is 97.1 Å². The highest BCUT2D eigenvalue weighted by Crippen LogP contribution is 2.36. The van der Waals surface area contributed by atoms with Crippen molar-refractivity contribution in [2.75, 3.05) is 0 Å². The van der Waals surface area contributed by atoms with Crippen molar-refractivity contribution >= 4 is 12.2 Å². The number of amides is 1. The molecule has 25 heavy (non-hydrogen) atoms. The first-order valence-electron chi connectivity index (χ1n) is 8.04. The molecule has 3 nitrogen and oxygen atoms in total. The van der Waals surface area contributed by atoms with Crippen LogP contribution < -0.4 is 5.73 Å². The molecular formula is C22H19NO2. The van der Waals surface area contributed by atoms with E-state index in [0.29, 0.717) is 0 Å². The molecule has 0 saturated carbocycles. The van der Waals surface area contributed by atoms with Crippen LogP contribution in [0.15, 0.2) is 97.1 Å². The van der Waals surface area contributed by atoms with E-state index in [0.717, 1.165) is 16.7 Å². The molecule has 3 heteroatoms. The average molecular weight is 329 g/mol. The lowest BCUT2D eigenvalue weighted by molar-refractivity contribution is 0.0806. The van der Waals surface area contributed by atoms with Crippen molar-refractivity contribution in [3.63, 3.8) is 0 Å². The minimum atomic E-state index is -1.09. The molecule has 1 amide bonds. The minimum absolute atomic E-state index is 0.826. The number of carbonyl (C=O) groups excluding carboxylic acids is 1. The summed E-state index contributed by atoms with van der Waals surface area (Å²) in [6.45, 7) is 0. The Morgan fingerprint density at radius 3 is 1.64 bits per heavy atom. The van der Waals surface area contributed by atoms with Crippen molar-refractivity contribution < 1.29 is 9.53 Å². The quantitative estimate of drug-likeness (QED) is 0.735. The fourth-order valence-corrected chi connectivity index (χ4v) is 2.82. The third-order valence-electron chi connectivity index (χ3n) is 3.98. The Morgan fingerprint density at radius 2 is 1.20 bits per heavy atom. The van der Waals surface area contributed by atoms with Gasteiger partial charge in [0.15, 0.2) is 5.60 Å². The van der Waals surface area contributed by atoms with Crippen LogP contribution in [0.5, 0.6) is 0 Å². The second-order valence-corrected chi connectivity index (χ2v) is 5.63. The van der Waals surface area contributed by atoms with Gasteiger partial charge in [0, 0.05) is 11.1 Å². The van der Waals surface area contributed by atoms with Crippen LogP contribution >= 0.6 is 0 Å². The third kappa shape index (κ3) is 3.78. The molecule has 124 valence electrons. The molecule has 2 N–H and O–H groups in total. The molecular weight excluding hydrogens is 310 g/mol. The Kier molecular flexibility index (Phi) is 4.95. The van der Waals surface area contributed by atoms with Gasteiger partial charge in [0.1, 0.15) is 0 Å². The van der Waals surface area contributed by atoms with Crippen LogP contribution in [-0.4, -0.2) is 6.09 Å². The van der Waals surface area contributed by atoms with Crippen LogP contribution in [-0.2, 0) is 10.3 Å². The van der Waals surface area contributed by atoms with Crippen LogP contribution in [0.25, 0.3) is 6.08 Å². The predicted octanol–water partition coefficient (Wildman–Crippen LogP) is 4.74. The van der Waals surface area contributed by atoms with Crippen LogP contribution in [0, 0.1) is 0 Å². The molecule has 0 atom stereocenters. The zero-order chi connectivity index (χ0) is 17.5. The van der Waals surface area contributed by atoms with Gasteiger partial charge in [-0.25, -0.2) is 4.79 Å². The summed E-state index contributed by atoms with van der Waals surface area (Å²) < 4.78 is 5.68. The molecule has 3 aromatic carbocycles. The smallest absolute Gasteiger partial charge is 0.406 e. The number of hydrogen-bond acceptors (Lipinski definition) is 2. The second-order valence-electron chi connectivity index (χ2n) is 5.63. The molecule has 0 aliphatic carbocycles. The van der Waals surface area contributed by atoms with Crippen LogP contribution in [0.4, 0.5) is 4.79 Å². The summed E-state index contributed by atoms with van der Waals surface area (Å²) >= 11 is 0. The van der Waals surface area contributed by atoms with Crippen LogP contribution in [0.2, 0.25) is 0 Å². The lowest BCUT2D eigenvalue weighted by Gasteiger charge is -2.31. The number of hydrogen-bond donors (Lipinski definition) is 1. The van der Waals surface area contributed by atoms with Gasteiger partial charge in [-0.15, -0.1) is 0 Å². The number of rotatable bonds is 5. The summed E-state index contributed by atoms with van der Waals surface area (Å²) in [7, 11) is 0. The van der Waals surface area contributed by atoms with Gasteiger partial charge >= 0.3 is 6.09 Å². The van der Waals surface area contributed by atoms with E-state index in [2.05, 4.69) is 0 Å². The molecule has 0 aliphatic rings. The van der Waals surface area contributed by atoms with E-state index in [9.17, 15) is 4.79 Å². The van der Waals surface area contributed by atoms with Gasteiger partial charge < -0.3 is 10.5 Å². The summed E-state index contributed by atoms with van der Waals surface area (Å²) in [5, 5.41) is 0. The molecule has 0 heterocycles. The van der Waals surface area contributed by atoms with E-state index in [-0.39, 0.29) is 0 Å². The maximum absolute atomic E-state index is 11.7. The predicted molar refractivity (Wildman–Crippen MR) is 99.8 cm³/mol.